The maximum absolute atomic E-state index is 5.54. The van der Waals surface area contributed by atoms with Gasteiger partial charge in [0.05, 0.1) is 5.69 Å². The van der Waals surface area contributed by atoms with E-state index in [-0.39, 0.29) is 0 Å². The smallest absolute Gasteiger partial charge is 0.0827 e. The van der Waals surface area contributed by atoms with Crippen molar-refractivity contribution < 1.29 is 4.74 Å². The summed E-state index contributed by atoms with van der Waals surface area (Å²) in [5, 5.41) is 8.38. The van der Waals surface area contributed by atoms with Gasteiger partial charge in [0, 0.05) is 26.0 Å². The minimum absolute atomic E-state index is 0.873. The van der Waals surface area contributed by atoms with E-state index in [1.165, 1.54) is 32.1 Å². The van der Waals surface area contributed by atoms with Gasteiger partial charge in [0.1, 0.15) is 0 Å². The molecule has 0 amide bonds. The number of unbranched alkanes of at least 4 members (excludes halogenated alkanes) is 4. The zero-order chi connectivity index (χ0) is 15.8. The van der Waals surface area contributed by atoms with Crippen molar-refractivity contribution in [3.05, 3.63) is 11.9 Å². The molecule has 0 bridgehead atoms. The van der Waals surface area contributed by atoms with Crippen molar-refractivity contribution >= 4 is 0 Å². The Bertz CT molecular complexity index is 313. The summed E-state index contributed by atoms with van der Waals surface area (Å²) in [6.45, 7) is 11.1. The van der Waals surface area contributed by atoms with Gasteiger partial charge >= 0.3 is 0 Å². The predicted octanol–water partition coefficient (Wildman–Crippen LogP) is 4.63. The van der Waals surface area contributed by atoms with Crippen LogP contribution in [0.3, 0.4) is 0 Å². The zero-order valence-electron chi connectivity index (χ0n) is 14.6. The fourth-order valence-corrected chi connectivity index (χ4v) is 1.94. The van der Waals surface area contributed by atoms with Crippen LogP contribution in [0.25, 0.3) is 0 Å². The van der Waals surface area contributed by atoms with Gasteiger partial charge in [-0.05, 0) is 32.1 Å². The van der Waals surface area contributed by atoms with Gasteiger partial charge in [0.25, 0.3) is 0 Å². The van der Waals surface area contributed by atoms with E-state index >= 15 is 0 Å². The summed E-state index contributed by atoms with van der Waals surface area (Å²) in [6, 6.07) is 0. The first-order chi connectivity index (χ1) is 10.4. The molecule has 0 atom stereocenters. The summed E-state index contributed by atoms with van der Waals surface area (Å²) in [4.78, 5) is 0. The molecule has 0 radical (unpaired) electrons. The standard InChI is InChI=1S/C15H29N3O.C2H6/c1-3-5-7-10-15-14-18(17-16-15)11-8-9-13-19-12-6-4-2;1-2/h14H,3-13H2,1-2H3;1-2H3. The Kier molecular flexibility index (Phi) is 14.8. The fourth-order valence-electron chi connectivity index (χ4n) is 1.94. The van der Waals surface area contributed by atoms with Crippen LogP contribution in [0.4, 0.5) is 0 Å². The highest BCUT2D eigenvalue weighted by atomic mass is 16.5. The first kappa shape index (κ1) is 20.1. The number of aryl methyl sites for hydroxylation is 2. The number of nitrogens with zero attached hydrogens (tertiary/aromatic N) is 3. The second kappa shape index (κ2) is 15.5. The maximum atomic E-state index is 5.54. The average molecular weight is 297 g/mol. The second-order valence-corrected chi connectivity index (χ2v) is 5.10. The fraction of sp³-hybridized carbons (Fsp3) is 0.882. The normalized spacial score (nSPS) is 10.3. The van der Waals surface area contributed by atoms with Crippen LogP contribution in [-0.2, 0) is 17.7 Å². The lowest BCUT2D eigenvalue weighted by Gasteiger charge is -2.03. The van der Waals surface area contributed by atoms with Gasteiger partial charge in [-0.25, -0.2) is 0 Å². The lowest BCUT2D eigenvalue weighted by atomic mass is 10.2. The summed E-state index contributed by atoms with van der Waals surface area (Å²) in [6.07, 6.45) is 11.5. The lowest BCUT2D eigenvalue weighted by Crippen LogP contribution is -2.02. The molecule has 0 saturated carbocycles. The molecule has 1 aromatic rings. The van der Waals surface area contributed by atoms with Crippen LogP contribution in [0.1, 0.15) is 78.3 Å². The van der Waals surface area contributed by atoms with Crippen molar-refractivity contribution in [2.24, 2.45) is 0 Å². The van der Waals surface area contributed by atoms with Crippen molar-refractivity contribution in [3.63, 3.8) is 0 Å². The number of hydrogen-bond acceptors (Lipinski definition) is 3. The largest absolute Gasteiger partial charge is 0.381 e. The third-order valence-corrected chi connectivity index (χ3v) is 3.19. The average Bonchev–Trinajstić information content (AvgIpc) is 2.96. The molecule has 0 spiro atoms. The lowest BCUT2D eigenvalue weighted by molar-refractivity contribution is 0.126. The van der Waals surface area contributed by atoms with Crippen molar-refractivity contribution in [1.82, 2.24) is 15.0 Å². The van der Waals surface area contributed by atoms with Gasteiger partial charge in [0.2, 0.25) is 0 Å². The molecule has 0 N–H and O–H groups in total. The molecule has 0 aliphatic carbocycles. The summed E-state index contributed by atoms with van der Waals surface area (Å²) in [7, 11) is 0. The topological polar surface area (TPSA) is 39.9 Å². The quantitative estimate of drug-likeness (QED) is 0.528. The molecule has 0 saturated heterocycles. The van der Waals surface area contributed by atoms with Crippen LogP contribution in [0.5, 0.6) is 0 Å². The highest BCUT2D eigenvalue weighted by Crippen LogP contribution is 2.04. The van der Waals surface area contributed by atoms with Gasteiger partial charge in [0.15, 0.2) is 0 Å². The Labute approximate surface area is 131 Å². The second-order valence-electron chi connectivity index (χ2n) is 5.10. The van der Waals surface area contributed by atoms with Crippen LogP contribution in [-0.4, -0.2) is 28.2 Å². The molecular formula is C17H35N3O. The molecule has 0 aromatic carbocycles. The zero-order valence-corrected chi connectivity index (χ0v) is 14.6. The van der Waals surface area contributed by atoms with Crippen LogP contribution in [0.2, 0.25) is 0 Å². The van der Waals surface area contributed by atoms with Crippen LogP contribution < -0.4 is 0 Å². The molecule has 21 heavy (non-hydrogen) atoms. The Hall–Kier alpha value is -0.900. The first-order valence-electron chi connectivity index (χ1n) is 8.83. The molecule has 1 aromatic heterocycles. The molecule has 0 aliphatic rings. The summed E-state index contributed by atoms with van der Waals surface area (Å²) in [5.41, 5.74) is 1.13. The molecule has 0 unspecified atom stereocenters. The molecule has 0 aliphatic heterocycles. The van der Waals surface area contributed by atoms with Gasteiger partial charge in [-0.2, -0.15) is 0 Å². The molecule has 1 rings (SSSR count). The number of hydrogen-bond donors (Lipinski definition) is 0. The van der Waals surface area contributed by atoms with E-state index in [1.54, 1.807) is 0 Å². The van der Waals surface area contributed by atoms with Gasteiger partial charge < -0.3 is 4.74 Å². The summed E-state index contributed by atoms with van der Waals surface area (Å²) < 4.78 is 7.50. The Morgan fingerprint density at radius 3 is 2.38 bits per heavy atom. The molecule has 1 heterocycles. The highest BCUT2D eigenvalue weighted by Gasteiger charge is 2.00. The van der Waals surface area contributed by atoms with Gasteiger partial charge in [-0.1, -0.05) is 52.2 Å². The van der Waals surface area contributed by atoms with Crippen LogP contribution in [0, 0.1) is 0 Å². The van der Waals surface area contributed by atoms with Gasteiger partial charge in [-0.3, -0.25) is 4.68 Å². The Morgan fingerprint density at radius 1 is 0.952 bits per heavy atom. The van der Waals surface area contributed by atoms with E-state index in [2.05, 4.69) is 30.4 Å². The molecule has 4 heteroatoms. The molecule has 0 fully saturated rings. The van der Waals surface area contributed by atoms with E-state index in [1.807, 2.05) is 18.5 Å². The molecule has 124 valence electrons. The van der Waals surface area contributed by atoms with Gasteiger partial charge in [-0.15, -0.1) is 5.10 Å². The van der Waals surface area contributed by atoms with Crippen molar-refractivity contribution in [3.8, 4) is 0 Å². The van der Waals surface area contributed by atoms with E-state index < -0.39 is 0 Å². The predicted molar refractivity (Wildman–Crippen MR) is 89.6 cm³/mol. The Balaban J connectivity index is 0.00000191. The monoisotopic (exact) mass is 297 g/mol. The number of aromatic nitrogens is 3. The van der Waals surface area contributed by atoms with Crippen molar-refractivity contribution in [2.75, 3.05) is 13.2 Å². The van der Waals surface area contributed by atoms with Crippen molar-refractivity contribution in [2.45, 2.75) is 85.6 Å². The maximum Gasteiger partial charge on any atom is 0.0827 e. The summed E-state index contributed by atoms with van der Waals surface area (Å²) >= 11 is 0. The molecule has 4 nitrogen and oxygen atoms in total. The number of ether oxygens (including phenoxy) is 1. The van der Waals surface area contributed by atoms with E-state index in [4.69, 9.17) is 4.74 Å². The Morgan fingerprint density at radius 2 is 1.67 bits per heavy atom. The van der Waals surface area contributed by atoms with E-state index in [9.17, 15) is 0 Å². The first-order valence-corrected chi connectivity index (χ1v) is 8.83. The van der Waals surface area contributed by atoms with Crippen molar-refractivity contribution in [1.29, 1.82) is 0 Å². The van der Waals surface area contributed by atoms with Crippen LogP contribution >= 0.6 is 0 Å². The molecular weight excluding hydrogens is 262 g/mol. The SMILES string of the molecule is CC.CCCCCc1cn(CCCCOCCCC)nn1. The van der Waals surface area contributed by atoms with Crippen LogP contribution in [0.15, 0.2) is 6.20 Å². The third-order valence-electron chi connectivity index (χ3n) is 3.19. The van der Waals surface area contributed by atoms with E-state index in [0.717, 1.165) is 44.7 Å². The third kappa shape index (κ3) is 11.4. The minimum atomic E-state index is 0.873. The minimum Gasteiger partial charge on any atom is -0.381 e. The highest BCUT2D eigenvalue weighted by molar-refractivity contribution is 4.92. The van der Waals surface area contributed by atoms with E-state index in [0.29, 0.717) is 0 Å². The summed E-state index contributed by atoms with van der Waals surface area (Å²) in [5.74, 6) is 0. The number of rotatable bonds is 12.